The maximum Gasteiger partial charge on any atom is 0.251 e. The van der Waals surface area contributed by atoms with Crippen molar-refractivity contribution in [1.29, 1.82) is 0 Å². The number of hydrogen-bond acceptors (Lipinski definition) is 3. The number of amides is 2. The second-order valence-electron chi connectivity index (χ2n) is 5.66. The first-order valence-corrected chi connectivity index (χ1v) is 9.66. The molecule has 0 bridgehead atoms. The summed E-state index contributed by atoms with van der Waals surface area (Å²) in [7, 11) is -1.05. The molecule has 0 fully saturated rings. The molecule has 0 aromatic heterocycles. The topological polar surface area (TPSA) is 75.3 Å². The first kappa shape index (κ1) is 18.9. The maximum absolute atomic E-state index is 12.1. The monoisotopic (exact) mass is 358 g/mol. The summed E-state index contributed by atoms with van der Waals surface area (Å²) in [5, 5.41) is 5.67. The molecule has 2 N–H and O–H groups in total. The molecular formula is C19H22N2O3S. The molecule has 0 aliphatic carbocycles. The summed E-state index contributed by atoms with van der Waals surface area (Å²) in [6.45, 7) is 2.35. The van der Waals surface area contributed by atoms with E-state index in [0.717, 1.165) is 17.7 Å². The van der Waals surface area contributed by atoms with Gasteiger partial charge in [0.05, 0.1) is 0 Å². The molecule has 0 aliphatic rings. The molecule has 0 heterocycles. The van der Waals surface area contributed by atoms with Crippen LogP contribution < -0.4 is 10.6 Å². The molecule has 2 amide bonds. The summed E-state index contributed by atoms with van der Waals surface area (Å²) in [5.74, 6) is -0.186. The Morgan fingerprint density at radius 2 is 1.64 bits per heavy atom. The smallest absolute Gasteiger partial charge is 0.251 e. The number of nitrogens with one attached hydrogen (secondary N) is 2. The van der Waals surface area contributed by atoms with Gasteiger partial charge in [0.15, 0.2) is 0 Å². The fourth-order valence-electron chi connectivity index (χ4n) is 2.24. The van der Waals surface area contributed by atoms with Crippen molar-refractivity contribution in [3.05, 3.63) is 59.7 Å². The van der Waals surface area contributed by atoms with Crippen molar-refractivity contribution >= 4 is 28.3 Å². The summed E-state index contributed by atoms with van der Waals surface area (Å²) in [4.78, 5) is 24.4. The second kappa shape index (κ2) is 9.13. The van der Waals surface area contributed by atoms with Crippen molar-refractivity contribution in [2.45, 2.75) is 31.2 Å². The largest absolute Gasteiger partial charge is 0.348 e. The van der Waals surface area contributed by atoms with E-state index in [1.165, 1.54) is 0 Å². The predicted molar refractivity (Wildman–Crippen MR) is 99.9 cm³/mol. The van der Waals surface area contributed by atoms with Gasteiger partial charge in [-0.05, 0) is 48.4 Å². The van der Waals surface area contributed by atoms with Gasteiger partial charge < -0.3 is 10.6 Å². The van der Waals surface area contributed by atoms with Gasteiger partial charge in [0, 0.05) is 46.2 Å². The quantitative estimate of drug-likeness (QED) is 0.799. The van der Waals surface area contributed by atoms with Gasteiger partial charge >= 0.3 is 0 Å². The molecule has 0 saturated heterocycles. The lowest BCUT2D eigenvalue weighted by molar-refractivity contribution is -0.116. The number of rotatable bonds is 7. The maximum atomic E-state index is 12.1. The van der Waals surface area contributed by atoms with Crippen LogP contribution in [0.2, 0.25) is 0 Å². The highest BCUT2D eigenvalue weighted by Crippen LogP contribution is 2.11. The third kappa shape index (κ3) is 5.83. The fourth-order valence-corrected chi connectivity index (χ4v) is 2.76. The Morgan fingerprint density at radius 1 is 1.00 bits per heavy atom. The molecule has 0 radical (unpaired) electrons. The Labute approximate surface area is 150 Å². The number of anilines is 1. The number of hydrogen-bond donors (Lipinski definition) is 2. The zero-order valence-corrected chi connectivity index (χ0v) is 15.2. The predicted octanol–water partition coefficient (Wildman–Crippen LogP) is 3.09. The van der Waals surface area contributed by atoms with E-state index in [4.69, 9.17) is 0 Å². The van der Waals surface area contributed by atoms with Crippen molar-refractivity contribution < 1.29 is 13.8 Å². The molecule has 132 valence electrons. The van der Waals surface area contributed by atoms with Crippen LogP contribution in [-0.2, 0) is 22.1 Å². The Hall–Kier alpha value is -2.47. The molecule has 1 atom stereocenters. The minimum absolute atomic E-state index is 0.00000883. The van der Waals surface area contributed by atoms with Crippen LogP contribution in [0.25, 0.3) is 0 Å². The number of carbonyl (C=O) groups excluding carboxylic acids is 2. The van der Waals surface area contributed by atoms with Crippen LogP contribution in [0.15, 0.2) is 53.4 Å². The van der Waals surface area contributed by atoms with E-state index < -0.39 is 10.8 Å². The van der Waals surface area contributed by atoms with Gasteiger partial charge in [0.1, 0.15) is 0 Å². The van der Waals surface area contributed by atoms with E-state index in [0.29, 0.717) is 23.4 Å². The van der Waals surface area contributed by atoms with E-state index in [9.17, 15) is 13.8 Å². The Morgan fingerprint density at radius 3 is 2.20 bits per heavy atom. The summed E-state index contributed by atoms with van der Waals surface area (Å²) in [6, 6.07) is 14.1. The standard InChI is InChI=1S/C19H22N2O3S/c1-3-4-18(22)21-16-9-5-14(6-10-16)13-20-19(23)15-7-11-17(12-8-15)25(2)24/h5-12H,3-4,13H2,1-2H3,(H,20,23)(H,21,22). The van der Waals surface area contributed by atoms with Crippen LogP contribution in [0.1, 0.15) is 35.7 Å². The highest BCUT2D eigenvalue weighted by atomic mass is 32.2. The minimum Gasteiger partial charge on any atom is -0.348 e. The second-order valence-corrected chi connectivity index (χ2v) is 7.04. The molecule has 6 heteroatoms. The highest BCUT2D eigenvalue weighted by molar-refractivity contribution is 7.84. The summed E-state index contributed by atoms with van der Waals surface area (Å²) in [6.07, 6.45) is 2.91. The SMILES string of the molecule is CCCC(=O)Nc1ccc(CNC(=O)c2ccc(S(C)=O)cc2)cc1. The Balaban J connectivity index is 1.89. The molecule has 0 spiro atoms. The molecule has 2 rings (SSSR count). The molecule has 2 aromatic rings. The van der Waals surface area contributed by atoms with Crippen molar-refractivity contribution in [2.75, 3.05) is 11.6 Å². The van der Waals surface area contributed by atoms with Crippen LogP contribution in [0.3, 0.4) is 0 Å². The summed E-state index contributed by atoms with van der Waals surface area (Å²) in [5.41, 5.74) is 2.21. The van der Waals surface area contributed by atoms with Crippen LogP contribution >= 0.6 is 0 Å². The van der Waals surface area contributed by atoms with E-state index in [-0.39, 0.29) is 11.8 Å². The van der Waals surface area contributed by atoms with Crippen LogP contribution in [0.5, 0.6) is 0 Å². The lowest BCUT2D eigenvalue weighted by Crippen LogP contribution is -2.22. The molecule has 1 unspecified atom stereocenters. The van der Waals surface area contributed by atoms with Gasteiger partial charge in [-0.2, -0.15) is 0 Å². The zero-order chi connectivity index (χ0) is 18.2. The van der Waals surface area contributed by atoms with Crippen molar-refractivity contribution in [3.63, 3.8) is 0 Å². The molecule has 25 heavy (non-hydrogen) atoms. The molecule has 5 nitrogen and oxygen atoms in total. The minimum atomic E-state index is -1.05. The zero-order valence-electron chi connectivity index (χ0n) is 14.4. The first-order valence-electron chi connectivity index (χ1n) is 8.10. The van der Waals surface area contributed by atoms with Crippen molar-refractivity contribution in [3.8, 4) is 0 Å². The molecule has 0 saturated carbocycles. The number of benzene rings is 2. The normalized spacial score (nSPS) is 11.6. The molecule has 0 aliphatic heterocycles. The highest BCUT2D eigenvalue weighted by Gasteiger charge is 2.06. The third-order valence-electron chi connectivity index (χ3n) is 3.62. The number of carbonyl (C=O) groups is 2. The first-order chi connectivity index (χ1) is 12.0. The van der Waals surface area contributed by atoms with E-state index in [2.05, 4.69) is 10.6 Å². The van der Waals surface area contributed by atoms with Gasteiger partial charge in [0.25, 0.3) is 5.91 Å². The Kier molecular flexibility index (Phi) is 6.89. The molecule has 2 aromatic carbocycles. The van der Waals surface area contributed by atoms with Crippen LogP contribution in [0.4, 0.5) is 5.69 Å². The average molecular weight is 358 g/mol. The van der Waals surface area contributed by atoms with Gasteiger partial charge in [-0.1, -0.05) is 19.1 Å². The summed E-state index contributed by atoms with van der Waals surface area (Å²) >= 11 is 0. The van der Waals surface area contributed by atoms with Crippen LogP contribution in [0, 0.1) is 0 Å². The lowest BCUT2D eigenvalue weighted by atomic mass is 10.1. The van der Waals surface area contributed by atoms with E-state index in [1.54, 1.807) is 30.5 Å². The van der Waals surface area contributed by atoms with Crippen molar-refractivity contribution in [2.24, 2.45) is 0 Å². The molecular weight excluding hydrogens is 336 g/mol. The Bertz CT molecular complexity index is 755. The lowest BCUT2D eigenvalue weighted by Gasteiger charge is -2.08. The third-order valence-corrected chi connectivity index (χ3v) is 4.55. The van der Waals surface area contributed by atoms with E-state index in [1.807, 2.05) is 31.2 Å². The summed E-state index contributed by atoms with van der Waals surface area (Å²) < 4.78 is 11.4. The van der Waals surface area contributed by atoms with Gasteiger partial charge in [0.2, 0.25) is 5.91 Å². The van der Waals surface area contributed by atoms with Crippen molar-refractivity contribution in [1.82, 2.24) is 5.32 Å². The fraction of sp³-hybridized carbons (Fsp3) is 0.263. The average Bonchev–Trinajstić information content (AvgIpc) is 2.61. The van der Waals surface area contributed by atoms with Crippen LogP contribution in [-0.4, -0.2) is 22.3 Å². The van der Waals surface area contributed by atoms with E-state index >= 15 is 0 Å². The van der Waals surface area contributed by atoms with Gasteiger partial charge in [-0.25, -0.2) is 0 Å². The van der Waals surface area contributed by atoms with Gasteiger partial charge in [-0.3, -0.25) is 13.8 Å². The van der Waals surface area contributed by atoms with Gasteiger partial charge in [-0.15, -0.1) is 0 Å².